The molecule has 128 valence electrons. The lowest BCUT2D eigenvalue weighted by molar-refractivity contribution is 0.0293. The molecule has 2 aromatic rings. The molecule has 1 aliphatic rings. The van der Waals surface area contributed by atoms with Crippen LogP contribution >= 0.6 is 11.6 Å². The first kappa shape index (κ1) is 16.7. The topological polar surface area (TPSA) is 80.2 Å². The summed E-state index contributed by atoms with van der Waals surface area (Å²) in [6.45, 7) is 6.78. The molecule has 0 unspecified atom stereocenters. The number of carbonyl (C=O) groups is 1. The molecule has 1 fully saturated rings. The summed E-state index contributed by atoms with van der Waals surface area (Å²) in [6, 6.07) is 3.80. The van der Waals surface area contributed by atoms with E-state index >= 15 is 0 Å². The number of fused-ring (bicyclic) bond motifs is 1. The van der Waals surface area contributed by atoms with E-state index in [1.54, 1.807) is 11.1 Å². The molecular weight excluding hydrogens is 330 g/mol. The third-order valence-electron chi connectivity index (χ3n) is 3.68. The first-order valence-corrected chi connectivity index (χ1v) is 8.22. The number of carbonyl (C=O) groups excluding carboxylic acids is 1. The third kappa shape index (κ3) is 3.67. The van der Waals surface area contributed by atoms with E-state index in [0.717, 1.165) is 11.8 Å². The standard InChI is InChI=1S/C16H20ClN5O2/c1-16(2,3)24-15(23)22-8-6-10(9-22)19-14-11-5-4-7-18-12(11)13(17)20-21-14/h4-5,7,10H,6,8-9H2,1-3H3,(H,19,21)/t10-/m0/s1. The minimum absolute atomic E-state index is 0.0800. The van der Waals surface area contributed by atoms with Gasteiger partial charge in [0.2, 0.25) is 0 Å². The summed E-state index contributed by atoms with van der Waals surface area (Å²) in [7, 11) is 0. The maximum absolute atomic E-state index is 12.1. The summed E-state index contributed by atoms with van der Waals surface area (Å²) in [5, 5.41) is 12.5. The zero-order valence-electron chi connectivity index (χ0n) is 13.9. The molecule has 7 nitrogen and oxygen atoms in total. The van der Waals surface area contributed by atoms with Gasteiger partial charge in [-0.25, -0.2) is 4.79 Å². The summed E-state index contributed by atoms with van der Waals surface area (Å²) >= 11 is 6.04. The zero-order valence-corrected chi connectivity index (χ0v) is 14.7. The van der Waals surface area contributed by atoms with Crippen LogP contribution in [0.25, 0.3) is 10.9 Å². The van der Waals surface area contributed by atoms with E-state index < -0.39 is 5.60 Å². The lowest BCUT2D eigenvalue weighted by Crippen LogP contribution is -2.36. The molecule has 3 heterocycles. The third-order valence-corrected chi connectivity index (χ3v) is 3.93. The van der Waals surface area contributed by atoms with Crippen molar-refractivity contribution in [3.05, 3.63) is 23.5 Å². The van der Waals surface area contributed by atoms with Gasteiger partial charge in [0, 0.05) is 30.7 Å². The number of nitrogens with zero attached hydrogens (tertiary/aromatic N) is 4. The van der Waals surface area contributed by atoms with Gasteiger partial charge in [-0.05, 0) is 39.3 Å². The van der Waals surface area contributed by atoms with Crippen molar-refractivity contribution in [1.82, 2.24) is 20.1 Å². The molecule has 1 N–H and O–H groups in total. The van der Waals surface area contributed by atoms with Crippen LogP contribution in [-0.4, -0.2) is 50.9 Å². The smallest absolute Gasteiger partial charge is 0.410 e. The van der Waals surface area contributed by atoms with E-state index in [0.29, 0.717) is 24.4 Å². The van der Waals surface area contributed by atoms with Crippen molar-refractivity contribution in [2.75, 3.05) is 18.4 Å². The lowest BCUT2D eigenvalue weighted by atomic mass is 10.2. The molecule has 24 heavy (non-hydrogen) atoms. The predicted molar refractivity (Wildman–Crippen MR) is 92.2 cm³/mol. The Labute approximate surface area is 145 Å². The number of ether oxygens (including phenoxy) is 1. The highest BCUT2D eigenvalue weighted by Gasteiger charge is 2.30. The van der Waals surface area contributed by atoms with Crippen LogP contribution in [0.1, 0.15) is 27.2 Å². The Kier molecular flexibility index (Phi) is 4.45. The largest absolute Gasteiger partial charge is 0.444 e. The molecule has 1 saturated heterocycles. The van der Waals surface area contributed by atoms with Crippen molar-refractivity contribution in [3.8, 4) is 0 Å². The van der Waals surface area contributed by atoms with Crippen molar-refractivity contribution in [2.24, 2.45) is 0 Å². The first-order valence-electron chi connectivity index (χ1n) is 7.85. The van der Waals surface area contributed by atoms with Gasteiger partial charge in [-0.2, -0.15) is 0 Å². The average Bonchev–Trinajstić information content (AvgIpc) is 2.98. The molecule has 8 heteroatoms. The Balaban J connectivity index is 1.70. The number of rotatable bonds is 2. The quantitative estimate of drug-likeness (QED) is 0.897. The van der Waals surface area contributed by atoms with E-state index in [1.165, 1.54) is 0 Å². The van der Waals surface area contributed by atoms with Crippen LogP contribution in [0.4, 0.5) is 10.6 Å². The fraction of sp³-hybridized carbons (Fsp3) is 0.500. The predicted octanol–water partition coefficient (Wildman–Crippen LogP) is 3.10. The Bertz CT molecular complexity index is 762. The molecular formula is C16H20ClN5O2. The SMILES string of the molecule is CC(C)(C)OC(=O)N1CC[C@H](Nc2nnc(Cl)c3ncccc23)C1. The molecule has 1 aliphatic heterocycles. The molecule has 0 saturated carbocycles. The van der Waals surface area contributed by atoms with Gasteiger partial charge in [0.25, 0.3) is 0 Å². The molecule has 0 spiro atoms. The highest BCUT2D eigenvalue weighted by molar-refractivity contribution is 6.33. The molecule has 2 aromatic heterocycles. The van der Waals surface area contributed by atoms with Crippen molar-refractivity contribution >= 4 is 34.4 Å². The number of halogens is 1. The number of hydrogen-bond donors (Lipinski definition) is 1. The maximum Gasteiger partial charge on any atom is 0.410 e. The molecule has 1 atom stereocenters. The van der Waals surface area contributed by atoms with Crippen molar-refractivity contribution in [2.45, 2.75) is 38.8 Å². The van der Waals surface area contributed by atoms with Gasteiger partial charge in [0.1, 0.15) is 11.1 Å². The van der Waals surface area contributed by atoms with Gasteiger partial charge in [0.05, 0.1) is 0 Å². The number of anilines is 1. The minimum Gasteiger partial charge on any atom is -0.444 e. The Hall–Kier alpha value is -2.15. The van der Waals surface area contributed by atoms with Gasteiger partial charge in [-0.15, -0.1) is 10.2 Å². The van der Waals surface area contributed by atoms with Crippen molar-refractivity contribution in [3.63, 3.8) is 0 Å². The van der Waals surface area contributed by atoms with Crippen LogP contribution in [0.15, 0.2) is 18.3 Å². The number of aromatic nitrogens is 3. The van der Waals surface area contributed by atoms with E-state index in [1.807, 2.05) is 32.9 Å². The van der Waals surface area contributed by atoms with Crippen molar-refractivity contribution in [1.29, 1.82) is 0 Å². The summed E-state index contributed by atoms with van der Waals surface area (Å²) < 4.78 is 5.41. The fourth-order valence-corrected chi connectivity index (χ4v) is 2.81. The van der Waals surface area contributed by atoms with Crippen molar-refractivity contribution < 1.29 is 9.53 Å². The number of nitrogens with one attached hydrogen (secondary N) is 1. The van der Waals surface area contributed by atoms with Gasteiger partial charge in [0.15, 0.2) is 11.0 Å². The molecule has 1 amide bonds. The summed E-state index contributed by atoms with van der Waals surface area (Å²) in [6.07, 6.45) is 2.19. The van der Waals surface area contributed by atoms with Crippen LogP contribution in [0, 0.1) is 0 Å². The van der Waals surface area contributed by atoms with Crippen LogP contribution in [-0.2, 0) is 4.74 Å². The Morgan fingerprint density at radius 3 is 2.96 bits per heavy atom. The van der Waals surface area contributed by atoms with Gasteiger partial charge < -0.3 is 15.0 Å². The Morgan fingerprint density at radius 1 is 1.42 bits per heavy atom. The average molecular weight is 350 g/mol. The second-order valence-electron chi connectivity index (χ2n) is 6.80. The van der Waals surface area contributed by atoms with Gasteiger partial charge in [-0.1, -0.05) is 11.6 Å². The minimum atomic E-state index is -0.494. The molecule has 0 aliphatic carbocycles. The summed E-state index contributed by atoms with van der Waals surface area (Å²) in [5.41, 5.74) is 0.116. The molecule has 0 bridgehead atoms. The molecule has 0 radical (unpaired) electrons. The first-order chi connectivity index (χ1) is 11.3. The second-order valence-corrected chi connectivity index (χ2v) is 7.15. The number of pyridine rings is 1. The normalized spacial score (nSPS) is 18.0. The summed E-state index contributed by atoms with van der Waals surface area (Å²) in [4.78, 5) is 18.1. The van der Waals surface area contributed by atoms with E-state index in [4.69, 9.17) is 16.3 Å². The highest BCUT2D eigenvalue weighted by Crippen LogP contribution is 2.25. The van der Waals surface area contributed by atoms with Gasteiger partial charge >= 0.3 is 6.09 Å². The molecule has 3 rings (SSSR count). The van der Waals surface area contributed by atoms with Gasteiger partial charge in [-0.3, -0.25) is 4.98 Å². The van der Waals surface area contributed by atoms with Crippen LogP contribution < -0.4 is 5.32 Å². The monoisotopic (exact) mass is 349 g/mol. The van der Waals surface area contributed by atoms with Crippen LogP contribution in [0.2, 0.25) is 5.15 Å². The van der Waals surface area contributed by atoms with E-state index in [9.17, 15) is 4.79 Å². The van der Waals surface area contributed by atoms with Crippen LogP contribution in [0.3, 0.4) is 0 Å². The number of likely N-dealkylation sites (tertiary alicyclic amines) is 1. The maximum atomic E-state index is 12.1. The number of hydrogen-bond acceptors (Lipinski definition) is 6. The fourth-order valence-electron chi connectivity index (χ4n) is 2.63. The Morgan fingerprint density at radius 2 is 2.21 bits per heavy atom. The van der Waals surface area contributed by atoms with E-state index in [-0.39, 0.29) is 17.3 Å². The number of amides is 1. The van der Waals surface area contributed by atoms with E-state index in [2.05, 4.69) is 20.5 Å². The molecule has 0 aromatic carbocycles. The lowest BCUT2D eigenvalue weighted by Gasteiger charge is -2.24. The zero-order chi connectivity index (χ0) is 17.3. The van der Waals surface area contributed by atoms with Crippen LogP contribution in [0.5, 0.6) is 0 Å². The summed E-state index contributed by atoms with van der Waals surface area (Å²) in [5.74, 6) is 0.624. The highest BCUT2D eigenvalue weighted by atomic mass is 35.5. The second kappa shape index (κ2) is 6.39.